The van der Waals surface area contributed by atoms with Gasteiger partial charge in [-0.3, -0.25) is 25.0 Å². The van der Waals surface area contributed by atoms with Gasteiger partial charge >= 0.3 is 5.91 Å². The van der Waals surface area contributed by atoms with Crippen molar-refractivity contribution in [2.24, 2.45) is 5.10 Å². The number of hydrazone groups is 1. The molecule has 0 fully saturated rings. The molecule has 1 N–H and O–H groups in total. The molecule has 176 valence electrons. The number of carbonyl (C=O) groups is 1. The van der Waals surface area contributed by atoms with Crippen LogP contribution in [0.4, 0.5) is 11.4 Å². The molecular formula is C23H15BrN4O7. The second-order valence-corrected chi connectivity index (χ2v) is 8.10. The second kappa shape index (κ2) is 10.1. The van der Waals surface area contributed by atoms with Crippen LogP contribution in [0.2, 0.25) is 0 Å². The van der Waals surface area contributed by atoms with E-state index >= 15 is 0 Å². The van der Waals surface area contributed by atoms with Crippen LogP contribution in [0.5, 0.6) is 5.75 Å². The highest BCUT2D eigenvalue weighted by molar-refractivity contribution is 9.10. The van der Waals surface area contributed by atoms with Crippen LogP contribution in [-0.4, -0.2) is 22.0 Å². The third-order valence-corrected chi connectivity index (χ3v) is 5.29. The highest BCUT2D eigenvalue weighted by Gasteiger charge is 2.15. The van der Waals surface area contributed by atoms with Gasteiger partial charge in [-0.15, -0.1) is 0 Å². The van der Waals surface area contributed by atoms with Gasteiger partial charge in [0.2, 0.25) is 0 Å². The number of halogens is 1. The van der Waals surface area contributed by atoms with Crippen molar-refractivity contribution >= 4 is 50.4 Å². The molecule has 0 atom stereocenters. The van der Waals surface area contributed by atoms with E-state index in [1.165, 1.54) is 42.6 Å². The molecule has 0 aliphatic carbocycles. The maximum Gasteiger partial charge on any atom is 0.307 e. The average molecular weight is 539 g/mol. The molecule has 1 heterocycles. The van der Waals surface area contributed by atoms with Gasteiger partial charge in [-0.2, -0.15) is 5.10 Å². The van der Waals surface area contributed by atoms with Crippen LogP contribution in [0.3, 0.4) is 0 Å². The van der Waals surface area contributed by atoms with Gasteiger partial charge in [0, 0.05) is 39.7 Å². The van der Waals surface area contributed by atoms with Gasteiger partial charge in [0.15, 0.2) is 5.76 Å². The minimum atomic E-state index is -0.644. The highest BCUT2D eigenvalue weighted by atomic mass is 79.9. The number of rotatable bonds is 8. The predicted molar refractivity (Wildman–Crippen MR) is 129 cm³/mol. The first kappa shape index (κ1) is 23.6. The zero-order chi connectivity index (χ0) is 24.9. The van der Waals surface area contributed by atoms with E-state index in [0.29, 0.717) is 27.8 Å². The number of fused-ring (bicyclic) bond motifs is 1. The predicted octanol–water partition coefficient (Wildman–Crippen LogP) is 5.35. The number of nitrogens with zero attached hydrogens (tertiary/aromatic N) is 3. The zero-order valence-corrected chi connectivity index (χ0v) is 19.3. The van der Waals surface area contributed by atoms with Gasteiger partial charge in [-0.05, 0) is 35.9 Å². The van der Waals surface area contributed by atoms with Crippen molar-refractivity contribution in [2.45, 2.75) is 6.61 Å². The normalized spacial score (nSPS) is 11.0. The lowest BCUT2D eigenvalue weighted by molar-refractivity contribution is -0.385. The van der Waals surface area contributed by atoms with Gasteiger partial charge in [0.25, 0.3) is 11.4 Å². The molecule has 1 aromatic heterocycles. The van der Waals surface area contributed by atoms with Crippen molar-refractivity contribution in [3.05, 3.63) is 108 Å². The Bertz CT molecular complexity index is 1480. The van der Waals surface area contributed by atoms with Crippen molar-refractivity contribution in [1.82, 2.24) is 5.43 Å². The molecule has 0 saturated heterocycles. The molecule has 0 saturated carbocycles. The Hall–Kier alpha value is -4.58. The minimum absolute atomic E-state index is 0.0356. The summed E-state index contributed by atoms with van der Waals surface area (Å²) in [5.41, 5.74) is 3.67. The van der Waals surface area contributed by atoms with Crippen LogP contribution >= 0.6 is 15.9 Å². The fourth-order valence-corrected chi connectivity index (χ4v) is 3.52. The summed E-state index contributed by atoms with van der Waals surface area (Å²) in [6, 6.07) is 16.7. The topological polar surface area (TPSA) is 150 Å². The number of hydrogen-bond acceptors (Lipinski definition) is 8. The number of ether oxygens (including phenoxy) is 1. The third-order valence-electron chi connectivity index (χ3n) is 4.79. The first-order valence-corrected chi connectivity index (χ1v) is 10.8. The number of carbonyl (C=O) groups excluding carboxylic acids is 1. The van der Waals surface area contributed by atoms with Crippen LogP contribution < -0.4 is 10.2 Å². The van der Waals surface area contributed by atoms with E-state index in [-0.39, 0.29) is 23.7 Å². The van der Waals surface area contributed by atoms with Crippen molar-refractivity contribution in [1.29, 1.82) is 0 Å². The second-order valence-electron chi connectivity index (χ2n) is 7.19. The molecule has 0 aliphatic heterocycles. The Morgan fingerprint density at radius 3 is 2.57 bits per heavy atom. The number of furan rings is 1. The average Bonchev–Trinajstić information content (AvgIpc) is 3.27. The number of benzene rings is 3. The lowest BCUT2D eigenvalue weighted by Gasteiger charge is -2.09. The molecule has 0 radical (unpaired) electrons. The van der Waals surface area contributed by atoms with Gasteiger partial charge in [-0.1, -0.05) is 28.1 Å². The summed E-state index contributed by atoms with van der Waals surface area (Å²) in [6.45, 7) is 0.0850. The molecule has 4 rings (SSSR count). The van der Waals surface area contributed by atoms with E-state index in [1.807, 2.05) is 0 Å². The molecule has 0 bridgehead atoms. The molecule has 12 heteroatoms. The van der Waals surface area contributed by atoms with E-state index in [9.17, 15) is 25.0 Å². The molecule has 0 spiro atoms. The summed E-state index contributed by atoms with van der Waals surface area (Å²) >= 11 is 3.37. The van der Waals surface area contributed by atoms with E-state index in [1.54, 1.807) is 30.3 Å². The molecular weight excluding hydrogens is 524 g/mol. The molecule has 1 amide bonds. The quantitative estimate of drug-likeness (QED) is 0.180. The Labute approximate surface area is 205 Å². The van der Waals surface area contributed by atoms with E-state index in [2.05, 4.69) is 26.5 Å². The fraction of sp³-hybridized carbons (Fsp3) is 0.0435. The van der Waals surface area contributed by atoms with Crippen LogP contribution in [0.1, 0.15) is 21.7 Å². The summed E-state index contributed by atoms with van der Waals surface area (Å²) in [6.07, 6.45) is 1.37. The number of nitrogens with one attached hydrogen (secondary N) is 1. The fourth-order valence-electron chi connectivity index (χ4n) is 3.14. The summed E-state index contributed by atoms with van der Waals surface area (Å²) in [5, 5.41) is 26.2. The number of amides is 1. The minimum Gasteiger partial charge on any atom is -0.488 e. The summed E-state index contributed by atoms with van der Waals surface area (Å²) in [5.74, 6) is -0.267. The maximum absolute atomic E-state index is 12.4. The zero-order valence-electron chi connectivity index (χ0n) is 17.7. The maximum atomic E-state index is 12.4. The molecule has 0 aliphatic rings. The Morgan fingerprint density at radius 1 is 1.03 bits per heavy atom. The first-order chi connectivity index (χ1) is 16.8. The van der Waals surface area contributed by atoms with Crippen LogP contribution in [0, 0.1) is 20.2 Å². The van der Waals surface area contributed by atoms with E-state index < -0.39 is 15.8 Å². The molecule has 11 nitrogen and oxygen atoms in total. The first-order valence-electron chi connectivity index (χ1n) is 9.97. The smallest absolute Gasteiger partial charge is 0.307 e. The number of hydrogen-bond donors (Lipinski definition) is 1. The van der Waals surface area contributed by atoms with Crippen LogP contribution in [0.25, 0.3) is 11.0 Å². The Kier molecular flexibility index (Phi) is 6.83. The molecule has 4 aromatic rings. The summed E-state index contributed by atoms with van der Waals surface area (Å²) < 4.78 is 12.0. The van der Waals surface area contributed by atoms with E-state index in [4.69, 9.17) is 9.15 Å². The van der Waals surface area contributed by atoms with Crippen LogP contribution in [0.15, 0.2) is 80.7 Å². The lowest BCUT2D eigenvalue weighted by Crippen LogP contribution is -2.16. The standard InChI is InChI=1S/C23H15BrN4O7/c24-17-4-6-20(34-13-14-2-1-3-18(8-14)27(30)31)16(9-17)12-25-26-23(29)22-11-15-10-19(28(32)33)5-7-21(15)35-22/h1-12H,13H2,(H,26,29)/b25-12+. The van der Waals surface area contributed by atoms with Crippen molar-refractivity contribution in [3.63, 3.8) is 0 Å². The van der Waals surface area contributed by atoms with Gasteiger partial charge in [0.1, 0.15) is 17.9 Å². The van der Waals surface area contributed by atoms with Crippen molar-refractivity contribution in [2.75, 3.05) is 0 Å². The van der Waals surface area contributed by atoms with E-state index in [0.717, 1.165) is 4.47 Å². The Morgan fingerprint density at radius 2 is 1.80 bits per heavy atom. The van der Waals surface area contributed by atoms with Crippen molar-refractivity contribution < 1.29 is 23.8 Å². The summed E-state index contributed by atoms with van der Waals surface area (Å²) in [7, 11) is 0. The Balaban J connectivity index is 1.46. The third kappa shape index (κ3) is 5.68. The number of nitro benzene ring substituents is 2. The highest BCUT2D eigenvalue weighted by Crippen LogP contribution is 2.25. The molecule has 3 aromatic carbocycles. The number of nitro groups is 2. The van der Waals surface area contributed by atoms with Crippen molar-refractivity contribution in [3.8, 4) is 5.75 Å². The largest absolute Gasteiger partial charge is 0.488 e. The monoisotopic (exact) mass is 538 g/mol. The summed E-state index contributed by atoms with van der Waals surface area (Å²) in [4.78, 5) is 33.3. The molecule has 35 heavy (non-hydrogen) atoms. The number of non-ortho nitro benzene ring substituents is 2. The van der Waals surface area contributed by atoms with Gasteiger partial charge < -0.3 is 9.15 Å². The van der Waals surface area contributed by atoms with Crippen LogP contribution in [-0.2, 0) is 6.61 Å². The van der Waals surface area contributed by atoms with Gasteiger partial charge in [0.05, 0.1) is 16.1 Å². The lowest BCUT2D eigenvalue weighted by atomic mass is 10.2. The SMILES string of the molecule is O=C(N/N=C/c1cc(Br)ccc1OCc1cccc([N+](=O)[O-])c1)c1cc2cc([N+](=O)[O-])ccc2o1. The molecule has 0 unspecified atom stereocenters. The van der Waals surface area contributed by atoms with Gasteiger partial charge in [-0.25, -0.2) is 5.43 Å².